The lowest BCUT2D eigenvalue weighted by Gasteiger charge is -2.13. The molecule has 0 bridgehead atoms. The van der Waals surface area contributed by atoms with E-state index in [1.165, 1.54) is 0 Å². The number of benzene rings is 3. The van der Waals surface area contributed by atoms with Crippen molar-refractivity contribution in [3.63, 3.8) is 0 Å². The summed E-state index contributed by atoms with van der Waals surface area (Å²) in [6, 6.07) is 19.0. The van der Waals surface area contributed by atoms with E-state index in [-0.39, 0.29) is 6.03 Å². The molecular weight excluding hydrogens is 408 g/mol. The number of hydrogen-bond donors (Lipinski definition) is 3. The minimum Gasteiger partial charge on any atom is -0.493 e. The molecule has 0 aliphatic heterocycles. The molecule has 0 spiro atoms. The van der Waals surface area contributed by atoms with Gasteiger partial charge >= 0.3 is 6.03 Å². The van der Waals surface area contributed by atoms with Gasteiger partial charge in [-0.3, -0.25) is 4.98 Å². The van der Waals surface area contributed by atoms with Gasteiger partial charge in [0.1, 0.15) is 11.5 Å². The Labute approximate surface area is 184 Å². The zero-order valence-corrected chi connectivity index (χ0v) is 17.6. The molecule has 8 nitrogen and oxygen atoms in total. The molecule has 0 aliphatic rings. The predicted octanol–water partition coefficient (Wildman–Crippen LogP) is 5.27. The quantitative estimate of drug-likeness (QED) is 0.360. The second-order valence-corrected chi connectivity index (χ2v) is 6.86. The van der Waals surface area contributed by atoms with Gasteiger partial charge in [0.2, 0.25) is 0 Å². The van der Waals surface area contributed by atoms with Crippen LogP contribution in [-0.2, 0) is 0 Å². The number of rotatable bonds is 6. The summed E-state index contributed by atoms with van der Waals surface area (Å²) in [6.45, 7) is 0. The lowest BCUT2D eigenvalue weighted by Crippen LogP contribution is -2.19. The van der Waals surface area contributed by atoms with Crippen LogP contribution >= 0.6 is 0 Å². The molecule has 8 heteroatoms. The molecule has 4 rings (SSSR count). The molecule has 0 saturated heterocycles. The van der Waals surface area contributed by atoms with Crippen molar-refractivity contribution in [1.29, 1.82) is 0 Å². The summed E-state index contributed by atoms with van der Waals surface area (Å²) in [7, 11) is 3.16. The number of pyridine rings is 1. The normalized spacial score (nSPS) is 10.4. The van der Waals surface area contributed by atoms with E-state index in [1.807, 2.05) is 6.07 Å². The number of nitrogens with two attached hydrogens (primary N) is 1. The summed E-state index contributed by atoms with van der Waals surface area (Å²) < 4.78 is 16.8. The fraction of sp³-hybridized carbons (Fsp3) is 0.0833. The maximum absolute atomic E-state index is 12.2. The highest BCUT2D eigenvalue weighted by Gasteiger charge is 2.11. The van der Waals surface area contributed by atoms with E-state index in [2.05, 4.69) is 15.6 Å². The number of ether oxygens (including phenoxy) is 3. The summed E-state index contributed by atoms with van der Waals surface area (Å²) in [5.74, 6) is 2.41. The molecule has 0 fully saturated rings. The number of nitrogens with one attached hydrogen (secondary N) is 2. The highest BCUT2D eigenvalue weighted by molar-refractivity contribution is 6.00. The first-order valence-electron chi connectivity index (χ1n) is 9.78. The van der Waals surface area contributed by atoms with Crippen molar-refractivity contribution in [3.05, 3.63) is 72.9 Å². The molecule has 2 amide bonds. The fourth-order valence-corrected chi connectivity index (χ4v) is 3.18. The summed E-state index contributed by atoms with van der Waals surface area (Å²) in [5.41, 5.74) is 8.25. The number of nitrogen functional groups attached to an aromatic ring is 1. The van der Waals surface area contributed by atoms with Gasteiger partial charge in [-0.2, -0.15) is 0 Å². The topological polar surface area (TPSA) is 108 Å². The van der Waals surface area contributed by atoms with Crippen molar-refractivity contribution >= 4 is 34.0 Å². The Morgan fingerprint density at radius 3 is 2.28 bits per heavy atom. The van der Waals surface area contributed by atoms with E-state index in [9.17, 15) is 4.79 Å². The molecule has 162 valence electrons. The van der Waals surface area contributed by atoms with Gasteiger partial charge < -0.3 is 30.6 Å². The minimum absolute atomic E-state index is 0.370. The Kier molecular flexibility index (Phi) is 5.94. The van der Waals surface area contributed by atoms with Crippen LogP contribution in [0.2, 0.25) is 0 Å². The van der Waals surface area contributed by atoms with Gasteiger partial charge in [0, 0.05) is 34.7 Å². The maximum atomic E-state index is 12.2. The Morgan fingerprint density at radius 1 is 0.844 bits per heavy atom. The maximum Gasteiger partial charge on any atom is 0.323 e. The Morgan fingerprint density at radius 2 is 1.56 bits per heavy atom. The van der Waals surface area contributed by atoms with Crippen molar-refractivity contribution in [3.8, 4) is 23.0 Å². The largest absolute Gasteiger partial charge is 0.493 e. The van der Waals surface area contributed by atoms with E-state index in [4.69, 9.17) is 19.9 Å². The SMILES string of the molecule is COc1cc2nccc(Oc3ccc(NC(=O)Nc4cccc(N)c4)cc3)c2cc1OC. The van der Waals surface area contributed by atoms with Gasteiger partial charge in [0.15, 0.2) is 11.5 Å². The first kappa shape index (κ1) is 20.8. The number of fused-ring (bicyclic) bond motifs is 1. The monoisotopic (exact) mass is 430 g/mol. The van der Waals surface area contributed by atoms with E-state index >= 15 is 0 Å². The number of anilines is 3. The van der Waals surface area contributed by atoms with Crippen molar-refractivity contribution < 1.29 is 19.0 Å². The molecular formula is C24H22N4O4. The molecule has 3 aromatic carbocycles. The molecule has 0 radical (unpaired) electrons. The Hall–Kier alpha value is -4.46. The number of amides is 2. The van der Waals surface area contributed by atoms with E-state index in [1.54, 1.807) is 81.1 Å². The first-order chi connectivity index (χ1) is 15.6. The molecule has 1 aromatic heterocycles. The molecule has 4 N–H and O–H groups in total. The number of methoxy groups -OCH3 is 2. The van der Waals surface area contributed by atoms with Crippen molar-refractivity contribution in [1.82, 2.24) is 4.98 Å². The average molecular weight is 430 g/mol. The minimum atomic E-state index is -0.370. The Balaban J connectivity index is 1.48. The van der Waals surface area contributed by atoms with Gasteiger partial charge in [-0.25, -0.2) is 4.79 Å². The van der Waals surface area contributed by atoms with Gasteiger partial charge in [-0.15, -0.1) is 0 Å². The third-order valence-corrected chi connectivity index (χ3v) is 4.69. The number of urea groups is 1. The number of carbonyl (C=O) groups is 1. The van der Waals surface area contributed by atoms with Gasteiger partial charge in [-0.1, -0.05) is 6.07 Å². The first-order valence-corrected chi connectivity index (χ1v) is 9.78. The summed E-state index contributed by atoms with van der Waals surface area (Å²) in [5, 5.41) is 6.29. The number of carbonyl (C=O) groups excluding carboxylic acids is 1. The van der Waals surface area contributed by atoms with Crippen LogP contribution in [0.1, 0.15) is 0 Å². The summed E-state index contributed by atoms with van der Waals surface area (Å²) in [4.78, 5) is 16.6. The fourth-order valence-electron chi connectivity index (χ4n) is 3.18. The number of aromatic nitrogens is 1. The molecule has 32 heavy (non-hydrogen) atoms. The lowest BCUT2D eigenvalue weighted by molar-refractivity contribution is 0.262. The Bertz CT molecular complexity index is 1260. The van der Waals surface area contributed by atoms with Gasteiger partial charge in [0.25, 0.3) is 0 Å². The number of hydrogen-bond acceptors (Lipinski definition) is 6. The molecule has 0 unspecified atom stereocenters. The van der Waals surface area contributed by atoms with Gasteiger partial charge in [-0.05, 0) is 54.6 Å². The molecule has 4 aromatic rings. The summed E-state index contributed by atoms with van der Waals surface area (Å²) >= 11 is 0. The van der Waals surface area contributed by atoms with Crippen LogP contribution in [0.3, 0.4) is 0 Å². The van der Waals surface area contributed by atoms with Crippen molar-refractivity contribution in [2.45, 2.75) is 0 Å². The van der Waals surface area contributed by atoms with Crippen LogP contribution in [0.25, 0.3) is 10.9 Å². The lowest BCUT2D eigenvalue weighted by atomic mass is 10.2. The summed E-state index contributed by atoms with van der Waals surface area (Å²) in [6.07, 6.45) is 1.67. The smallest absolute Gasteiger partial charge is 0.323 e. The van der Waals surface area contributed by atoms with Crippen molar-refractivity contribution in [2.24, 2.45) is 0 Å². The second kappa shape index (κ2) is 9.13. The van der Waals surface area contributed by atoms with E-state index in [0.717, 1.165) is 10.9 Å². The third-order valence-electron chi connectivity index (χ3n) is 4.69. The van der Waals surface area contributed by atoms with Crippen molar-refractivity contribution in [2.75, 3.05) is 30.6 Å². The van der Waals surface area contributed by atoms with E-state index < -0.39 is 0 Å². The third kappa shape index (κ3) is 4.65. The van der Waals surface area contributed by atoms with Crippen LogP contribution in [0.15, 0.2) is 72.9 Å². The van der Waals surface area contributed by atoms with Crippen LogP contribution in [-0.4, -0.2) is 25.2 Å². The zero-order valence-electron chi connectivity index (χ0n) is 17.6. The standard InChI is InChI=1S/C24H22N4O4/c1-30-22-13-19-20(14-23(22)31-2)26-11-10-21(19)32-18-8-6-16(7-9-18)27-24(29)28-17-5-3-4-15(25)12-17/h3-14H,25H2,1-2H3,(H2,27,28,29). The van der Waals surface area contributed by atoms with Gasteiger partial charge in [0.05, 0.1) is 19.7 Å². The molecule has 0 aliphatic carbocycles. The van der Waals surface area contributed by atoms with Crippen LogP contribution < -0.4 is 30.6 Å². The van der Waals surface area contributed by atoms with E-state index in [0.29, 0.717) is 40.1 Å². The average Bonchev–Trinajstić information content (AvgIpc) is 2.79. The molecule has 0 atom stereocenters. The highest BCUT2D eigenvalue weighted by Crippen LogP contribution is 2.37. The molecule has 1 heterocycles. The van der Waals surface area contributed by atoms with Crippen LogP contribution in [0.5, 0.6) is 23.0 Å². The second-order valence-electron chi connectivity index (χ2n) is 6.86. The van der Waals surface area contributed by atoms with Crippen LogP contribution in [0.4, 0.5) is 21.9 Å². The zero-order chi connectivity index (χ0) is 22.5. The highest BCUT2D eigenvalue weighted by atomic mass is 16.5. The molecule has 0 saturated carbocycles. The van der Waals surface area contributed by atoms with Crippen LogP contribution in [0, 0.1) is 0 Å². The predicted molar refractivity (Wildman–Crippen MR) is 125 cm³/mol. The number of nitrogens with zero attached hydrogens (tertiary/aromatic N) is 1.